The predicted molar refractivity (Wildman–Crippen MR) is 106 cm³/mol. The Balaban J connectivity index is 1.68. The maximum Gasteiger partial charge on any atom is 0.332 e. The molecule has 1 aromatic carbocycles. The van der Waals surface area contributed by atoms with Crippen molar-refractivity contribution in [2.75, 3.05) is 13.1 Å². The maximum absolute atomic E-state index is 12.4. The zero-order valence-corrected chi connectivity index (χ0v) is 16.4. The topological polar surface area (TPSA) is 114 Å². The van der Waals surface area contributed by atoms with Crippen molar-refractivity contribution in [2.45, 2.75) is 26.5 Å². The summed E-state index contributed by atoms with van der Waals surface area (Å²) in [6.07, 6.45) is 0.822. The van der Waals surface area contributed by atoms with Crippen molar-refractivity contribution in [2.24, 2.45) is 14.1 Å². The van der Waals surface area contributed by atoms with Crippen LogP contribution in [0.3, 0.4) is 0 Å². The number of aliphatic hydroxyl groups excluding tert-OH is 1. The molecule has 1 atom stereocenters. The number of aryl methyl sites for hydroxylation is 3. The molecule has 0 aliphatic carbocycles. The van der Waals surface area contributed by atoms with E-state index in [2.05, 4.69) is 10.3 Å². The molecule has 0 amide bonds. The molecule has 3 rings (SSSR count). The van der Waals surface area contributed by atoms with Gasteiger partial charge in [0.1, 0.15) is 5.75 Å². The smallest absolute Gasteiger partial charge is 0.332 e. The number of nitrogens with one attached hydrogen (secondary N) is 1. The highest BCUT2D eigenvalue weighted by Gasteiger charge is 2.14. The lowest BCUT2D eigenvalue weighted by molar-refractivity contribution is 0.174. The quantitative estimate of drug-likeness (QED) is 0.516. The number of aromatic hydroxyl groups is 1. The molecule has 150 valence electrons. The van der Waals surface area contributed by atoms with Gasteiger partial charge >= 0.3 is 5.69 Å². The number of hydrogen-bond donors (Lipinski definition) is 3. The monoisotopic (exact) mass is 387 g/mol. The summed E-state index contributed by atoms with van der Waals surface area (Å²) in [4.78, 5) is 28.6. The molecule has 0 saturated heterocycles. The number of hydrogen-bond acceptors (Lipinski definition) is 6. The van der Waals surface area contributed by atoms with E-state index in [0.717, 1.165) is 21.3 Å². The first-order chi connectivity index (χ1) is 13.2. The molecule has 2 aromatic heterocycles. The minimum atomic E-state index is -0.716. The number of aromatic nitrogens is 4. The third-order valence-corrected chi connectivity index (χ3v) is 4.98. The lowest BCUT2D eigenvalue weighted by Crippen LogP contribution is -2.37. The number of fused-ring (bicyclic) bond motifs is 1. The Bertz CT molecular complexity index is 1120. The molecule has 0 bridgehead atoms. The molecule has 3 aromatic rings. The molecule has 0 radical (unpaired) electrons. The Morgan fingerprint density at radius 3 is 2.43 bits per heavy atom. The van der Waals surface area contributed by atoms with E-state index in [-0.39, 0.29) is 11.3 Å². The average Bonchev–Trinajstić information content (AvgIpc) is 3.09. The molecule has 2 heterocycles. The summed E-state index contributed by atoms with van der Waals surface area (Å²) in [6.45, 7) is 4.88. The van der Waals surface area contributed by atoms with Crippen LogP contribution in [0.4, 0.5) is 0 Å². The molecule has 1 unspecified atom stereocenters. The fraction of sp³-hybridized carbons (Fsp3) is 0.421. The number of phenolic OH excluding ortho intramolecular Hbond substituents is 1. The van der Waals surface area contributed by atoms with Gasteiger partial charge in [0.2, 0.25) is 0 Å². The van der Waals surface area contributed by atoms with Crippen LogP contribution in [0.25, 0.3) is 11.2 Å². The van der Waals surface area contributed by atoms with E-state index in [9.17, 15) is 19.8 Å². The zero-order valence-electron chi connectivity index (χ0n) is 16.4. The third-order valence-electron chi connectivity index (χ3n) is 4.98. The lowest BCUT2D eigenvalue weighted by atomic mass is 10.0. The fourth-order valence-electron chi connectivity index (χ4n) is 3.30. The molecule has 28 heavy (non-hydrogen) atoms. The molecule has 9 nitrogen and oxygen atoms in total. The van der Waals surface area contributed by atoms with Gasteiger partial charge in [-0.05, 0) is 42.7 Å². The second-order valence-corrected chi connectivity index (χ2v) is 7.04. The first kappa shape index (κ1) is 19.8. The van der Waals surface area contributed by atoms with Gasteiger partial charge in [-0.3, -0.25) is 13.9 Å². The van der Waals surface area contributed by atoms with E-state index >= 15 is 0 Å². The number of nitrogens with zero attached hydrogens (tertiary/aromatic N) is 4. The van der Waals surface area contributed by atoms with Crippen molar-refractivity contribution in [3.63, 3.8) is 0 Å². The number of benzene rings is 1. The lowest BCUT2D eigenvalue weighted by Gasteiger charge is -2.15. The minimum absolute atomic E-state index is 0.242. The van der Waals surface area contributed by atoms with Gasteiger partial charge in [0, 0.05) is 33.7 Å². The van der Waals surface area contributed by atoms with Crippen LogP contribution in [-0.2, 0) is 20.6 Å². The Kier molecular flexibility index (Phi) is 5.39. The highest BCUT2D eigenvalue weighted by molar-refractivity contribution is 5.69. The fourth-order valence-corrected chi connectivity index (χ4v) is 3.30. The van der Waals surface area contributed by atoms with Gasteiger partial charge in [-0.25, -0.2) is 9.78 Å². The minimum Gasteiger partial charge on any atom is -0.507 e. The van der Waals surface area contributed by atoms with E-state index in [1.165, 1.54) is 17.9 Å². The summed E-state index contributed by atoms with van der Waals surface area (Å²) in [5.41, 5.74) is 2.10. The van der Waals surface area contributed by atoms with E-state index in [0.29, 0.717) is 30.8 Å². The van der Waals surface area contributed by atoms with E-state index in [1.54, 1.807) is 37.6 Å². The van der Waals surface area contributed by atoms with Gasteiger partial charge < -0.3 is 20.1 Å². The van der Waals surface area contributed by atoms with Crippen molar-refractivity contribution >= 4 is 11.2 Å². The Morgan fingerprint density at radius 2 is 1.79 bits per heavy atom. The van der Waals surface area contributed by atoms with Crippen molar-refractivity contribution in [3.05, 3.63) is 56.0 Å². The normalized spacial score (nSPS) is 12.6. The third kappa shape index (κ3) is 3.46. The first-order valence-electron chi connectivity index (χ1n) is 9.02. The SMILES string of the molecule is Cc1cc(C(O)CNCCn2cnc3c2c(=O)n(C)c(=O)n3C)cc(C)c1O. The Hall–Kier alpha value is -2.91. The largest absolute Gasteiger partial charge is 0.507 e. The molecular weight excluding hydrogens is 362 g/mol. The van der Waals surface area contributed by atoms with Gasteiger partial charge in [-0.1, -0.05) is 0 Å². The van der Waals surface area contributed by atoms with Crippen LogP contribution in [0.5, 0.6) is 5.75 Å². The summed E-state index contributed by atoms with van der Waals surface area (Å²) in [6, 6.07) is 3.53. The van der Waals surface area contributed by atoms with E-state index < -0.39 is 11.8 Å². The second kappa shape index (κ2) is 7.61. The van der Waals surface area contributed by atoms with Crippen LogP contribution in [0.15, 0.2) is 28.0 Å². The van der Waals surface area contributed by atoms with Crippen LogP contribution >= 0.6 is 0 Å². The summed E-state index contributed by atoms with van der Waals surface area (Å²) in [5.74, 6) is 0.242. The van der Waals surface area contributed by atoms with Crippen LogP contribution in [-0.4, -0.2) is 42.0 Å². The van der Waals surface area contributed by atoms with Gasteiger partial charge in [-0.15, -0.1) is 0 Å². The number of phenols is 1. The van der Waals surface area contributed by atoms with Gasteiger partial charge in [-0.2, -0.15) is 0 Å². The number of rotatable bonds is 6. The van der Waals surface area contributed by atoms with Crippen molar-refractivity contribution in [1.82, 2.24) is 24.0 Å². The molecule has 3 N–H and O–H groups in total. The summed E-state index contributed by atoms with van der Waals surface area (Å²) in [5, 5.41) is 23.4. The molecule has 0 aliphatic rings. The summed E-state index contributed by atoms with van der Waals surface area (Å²) in [7, 11) is 3.02. The Labute approximate surface area is 161 Å². The van der Waals surface area contributed by atoms with Gasteiger partial charge in [0.25, 0.3) is 5.56 Å². The molecule has 0 fully saturated rings. The molecule has 9 heteroatoms. The standard InChI is InChI=1S/C19H25N5O4/c1-11-7-13(8-12(2)16(11)26)14(25)9-20-5-6-24-10-21-17-15(24)18(27)23(4)19(28)22(17)3/h7-8,10,14,20,25-26H,5-6,9H2,1-4H3. The van der Waals surface area contributed by atoms with Crippen LogP contribution in [0.1, 0.15) is 22.8 Å². The predicted octanol–water partition coefficient (Wildman–Crippen LogP) is 0.0793. The molecule has 0 saturated carbocycles. The maximum atomic E-state index is 12.4. The van der Waals surface area contributed by atoms with Crippen LogP contribution in [0, 0.1) is 13.8 Å². The van der Waals surface area contributed by atoms with Gasteiger partial charge in [0.05, 0.1) is 12.4 Å². The zero-order chi connectivity index (χ0) is 20.6. The molecule has 0 spiro atoms. The van der Waals surface area contributed by atoms with Crippen molar-refractivity contribution < 1.29 is 10.2 Å². The second-order valence-electron chi connectivity index (χ2n) is 7.04. The highest BCUT2D eigenvalue weighted by Crippen LogP contribution is 2.25. The van der Waals surface area contributed by atoms with E-state index in [4.69, 9.17) is 0 Å². The summed E-state index contributed by atoms with van der Waals surface area (Å²) < 4.78 is 4.11. The van der Waals surface area contributed by atoms with E-state index in [1.807, 2.05) is 0 Å². The average molecular weight is 387 g/mol. The first-order valence-corrected chi connectivity index (χ1v) is 9.02. The Morgan fingerprint density at radius 1 is 1.14 bits per heavy atom. The van der Waals surface area contributed by atoms with Crippen molar-refractivity contribution in [3.8, 4) is 5.75 Å². The van der Waals surface area contributed by atoms with Crippen molar-refractivity contribution in [1.29, 1.82) is 0 Å². The molecule has 0 aliphatic heterocycles. The highest BCUT2D eigenvalue weighted by atomic mass is 16.3. The number of aliphatic hydroxyl groups is 1. The van der Waals surface area contributed by atoms with Crippen LogP contribution in [0.2, 0.25) is 0 Å². The van der Waals surface area contributed by atoms with Crippen LogP contribution < -0.4 is 16.6 Å². The summed E-state index contributed by atoms with van der Waals surface area (Å²) >= 11 is 0. The molecular formula is C19H25N5O4. The van der Waals surface area contributed by atoms with Gasteiger partial charge in [0.15, 0.2) is 11.2 Å². The number of imidazole rings is 1.